The Kier molecular flexibility index (Phi) is 6.79. The smallest absolute Gasteiger partial charge is 0.239 e. The van der Waals surface area contributed by atoms with Crippen LogP contribution >= 0.6 is 0 Å². The maximum Gasteiger partial charge on any atom is 0.239 e. The van der Waals surface area contributed by atoms with E-state index in [0.29, 0.717) is 19.1 Å². The molecule has 0 bridgehead atoms. The first-order chi connectivity index (χ1) is 9.11. The fraction of sp³-hybridized carbons (Fsp3) is 0.533. The van der Waals surface area contributed by atoms with Crippen molar-refractivity contribution < 1.29 is 9.53 Å². The van der Waals surface area contributed by atoms with E-state index in [0.717, 1.165) is 24.4 Å². The van der Waals surface area contributed by atoms with Gasteiger partial charge >= 0.3 is 0 Å². The molecule has 0 aliphatic heterocycles. The lowest BCUT2D eigenvalue weighted by atomic mass is 10.2. The molecule has 2 N–H and O–H groups in total. The Hall–Kier alpha value is -1.71. The number of carbonyl (C=O) groups excluding carboxylic acids is 1. The predicted octanol–water partition coefficient (Wildman–Crippen LogP) is 2.66. The summed E-state index contributed by atoms with van der Waals surface area (Å²) in [5.74, 6) is 1.39. The molecule has 4 heteroatoms. The second kappa shape index (κ2) is 8.40. The zero-order valence-corrected chi connectivity index (χ0v) is 12.0. The number of hydrogen-bond acceptors (Lipinski definition) is 3. The van der Waals surface area contributed by atoms with Crippen molar-refractivity contribution in [2.75, 3.05) is 25.0 Å². The second-order valence-corrected chi connectivity index (χ2v) is 4.93. The number of carbonyl (C=O) groups is 1. The molecule has 0 radical (unpaired) electrons. The van der Waals surface area contributed by atoms with Gasteiger partial charge in [0.15, 0.2) is 0 Å². The van der Waals surface area contributed by atoms with Gasteiger partial charge in [0.05, 0.1) is 13.2 Å². The van der Waals surface area contributed by atoms with Gasteiger partial charge in [0, 0.05) is 12.2 Å². The molecule has 0 saturated heterocycles. The average Bonchev–Trinajstić information content (AvgIpc) is 2.41. The molecule has 0 heterocycles. The third kappa shape index (κ3) is 6.70. The van der Waals surface area contributed by atoms with Gasteiger partial charge in [-0.3, -0.25) is 4.79 Å². The van der Waals surface area contributed by atoms with E-state index in [1.165, 1.54) is 0 Å². The Bertz CT molecular complexity index is 374. The van der Waals surface area contributed by atoms with Gasteiger partial charge in [-0.2, -0.15) is 0 Å². The van der Waals surface area contributed by atoms with Gasteiger partial charge in [0.25, 0.3) is 0 Å². The van der Waals surface area contributed by atoms with Gasteiger partial charge in [0.2, 0.25) is 5.91 Å². The fourth-order valence-corrected chi connectivity index (χ4v) is 1.44. The zero-order valence-electron chi connectivity index (χ0n) is 12.0. The van der Waals surface area contributed by atoms with Crippen molar-refractivity contribution in [1.82, 2.24) is 5.32 Å². The minimum atomic E-state index is 0.0157. The number of anilines is 1. The molecule has 19 heavy (non-hydrogen) atoms. The van der Waals surface area contributed by atoms with Crippen LogP contribution in [0, 0.1) is 5.92 Å². The van der Waals surface area contributed by atoms with Crippen LogP contribution in [-0.2, 0) is 4.79 Å². The highest BCUT2D eigenvalue weighted by Crippen LogP contribution is 2.16. The summed E-state index contributed by atoms with van der Waals surface area (Å²) >= 11 is 0. The third-order valence-corrected chi connectivity index (χ3v) is 2.46. The highest BCUT2D eigenvalue weighted by Gasteiger charge is 2.01. The number of benzene rings is 1. The van der Waals surface area contributed by atoms with E-state index in [-0.39, 0.29) is 5.91 Å². The van der Waals surface area contributed by atoms with E-state index < -0.39 is 0 Å². The Balaban J connectivity index is 2.33. The van der Waals surface area contributed by atoms with Crippen LogP contribution in [0.2, 0.25) is 0 Å². The Morgan fingerprint density at radius 3 is 2.53 bits per heavy atom. The van der Waals surface area contributed by atoms with Crippen molar-refractivity contribution in [1.29, 1.82) is 0 Å². The number of nitrogens with one attached hydrogen (secondary N) is 2. The first-order valence-electron chi connectivity index (χ1n) is 6.85. The standard InChI is InChI=1S/C15H24N2O2/c1-4-9-16-15(18)10-17-13-5-7-14(8-6-13)19-11-12(2)3/h5-8,12,17H,4,9-11H2,1-3H3,(H,16,18). The van der Waals surface area contributed by atoms with Crippen LogP contribution in [-0.4, -0.2) is 25.6 Å². The fourth-order valence-electron chi connectivity index (χ4n) is 1.44. The summed E-state index contributed by atoms with van der Waals surface area (Å²) in [6.07, 6.45) is 0.952. The van der Waals surface area contributed by atoms with Crippen molar-refractivity contribution in [2.24, 2.45) is 5.92 Å². The van der Waals surface area contributed by atoms with E-state index in [4.69, 9.17) is 4.74 Å². The lowest BCUT2D eigenvalue weighted by molar-refractivity contribution is -0.119. The van der Waals surface area contributed by atoms with Gasteiger partial charge in [-0.25, -0.2) is 0 Å². The Morgan fingerprint density at radius 1 is 1.26 bits per heavy atom. The number of amides is 1. The molecule has 0 atom stereocenters. The van der Waals surface area contributed by atoms with Gasteiger partial charge in [-0.1, -0.05) is 20.8 Å². The number of hydrogen-bond donors (Lipinski definition) is 2. The molecule has 1 aromatic rings. The van der Waals surface area contributed by atoms with Crippen LogP contribution in [0.5, 0.6) is 5.75 Å². The second-order valence-electron chi connectivity index (χ2n) is 4.93. The van der Waals surface area contributed by atoms with Crippen LogP contribution in [0.3, 0.4) is 0 Å². The molecule has 1 rings (SSSR count). The summed E-state index contributed by atoms with van der Waals surface area (Å²) in [4.78, 5) is 11.4. The summed E-state index contributed by atoms with van der Waals surface area (Å²) in [6, 6.07) is 7.66. The molecule has 0 fully saturated rings. The minimum Gasteiger partial charge on any atom is -0.493 e. The van der Waals surface area contributed by atoms with Gasteiger partial charge in [0.1, 0.15) is 5.75 Å². The Morgan fingerprint density at radius 2 is 1.95 bits per heavy atom. The molecule has 0 aliphatic carbocycles. The van der Waals surface area contributed by atoms with Gasteiger partial charge in [-0.15, -0.1) is 0 Å². The van der Waals surface area contributed by atoms with Crippen LogP contribution in [0.4, 0.5) is 5.69 Å². The quantitative estimate of drug-likeness (QED) is 0.759. The SMILES string of the molecule is CCCNC(=O)CNc1ccc(OCC(C)C)cc1. The summed E-state index contributed by atoms with van der Waals surface area (Å²) in [5, 5.41) is 5.90. The molecule has 106 valence electrons. The molecule has 1 amide bonds. The molecule has 0 saturated carbocycles. The molecule has 0 spiro atoms. The number of rotatable bonds is 8. The first-order valence-corrected chi connectivity index (χ1v) is 6.85. The lowest BCUT2D eigenvalue weighted by Gasteiger charge is -2.10. The van der Waals surface area contributed by atoms with Crippen molar-refractivity contribution >= 4 is 11.6 Å². The summed E-state index contributed by atoms with van der Waals surface area (Å²) in [5.41, 5.74) is 0.920. The number of ether oxygens (including phenoxy) is 1. The van der Waals surface area contributed by atoms with Crippen LogP contribution < -0.4 is 15.4 Å². The maximum absolute atomic E-state index is 11.4. The summed E-state index contributed by atoms with van der Waals surface area (Å²) in [7, 11) is 0. The summed E-state index contributed by atoms with van der Waals surface area (Å²) in [6.45, 7) is 8.00. The molecule has 0 aliphatic rings. The topological polar surface area (TPSA) is 50.4 Å². The minimum absolute atomic E-state index is 0.0157. The van der Waals surface area contributed by atoms with Crippen molar-refractivity contribution in [3.63, 3.8) is 0 Å². The van der Waals surface area contributed by atoms with E-state index in [1.54, 1.807) is 0 Å². The van der Waals surface area contributed by atoms with E-state index in [1.807, 2.05) is 31.2 Å². The monoisotopic (exact) mass is 264 g/mol. The molecule has 0 aromatic heterocycles. The Labute approximate surface area is 115 Å². The van der Waals surface area contributed by atoms with Gasteiger partial charge < -0.3 is 15.4 Å². The highest BCUT2D eigenvalue weighted by atomic mass is 16.5. The van der Waals surface area contributed by atoms with E-state index in [9.17, 15) is 4.79 Å². The van der Waals surface area contributed by atoms with Crippen LogP contribution in [0.25, 0.3) is 0 Å². The molecular formula is C15H24N2O2. The maximum atomic E-state index is 11.4. The van der Waals surface area contributed by atoms with Crippen molar-refractivity contribution in [2.45, 2.75) is 27.2 Å². The van der Waals surface area contributed by atoms with Crippen LogP contribution in [0.15, 0.2) is 24.3 Å². The highest BCUT2D eigenvalue weighted by molar-refractivity contribution is 5.80. The first kappa shape index (κ1) is 15.3. The molecular weight excluding hydrogens is 240 g/mol. The zero-order chi connectivity index (χ0) is 14.1. The lowest BCUT2D eigenvalue weighted by Crippen LogP contribution is -2.30. The molecule has 1 aromatic carbocycles. The van der Waals surface area contributed by atoms with Crippen LogP contribution in [0.1, 0.15) is 27.2 Å². The molecule has 4 nitrogen and oxygen atoms in total. The molecule has 0 unspecified atom stereocenters. The largest absolute Gasteiger partial charge is 0.493 e. The average molecular weight is 264 g/mol. The normalized spacial score (nSPS) is 10.3. The third-order valence-electron chi connectivity index (χ3n) is 2.46. The van der Waals surface area contributed by atoms with E-state index >= 15 is 0 Å². The predicted molar refractivity (Wildman–Crippen MR) is 78.6 cm³/mol. The van der Waals surface area contributed by atoms with E-state index in [2.05, 4.69) is 24.5 Å². The van der Waals surface area contributed by atoms with Crippen molar-refractivity contribution in [3.05, 3.63) is 24.3 Å². The van der Waals surface area contributed by atoms with Gasteiger partial charge in [-0.05, 0) is 36.6 Å². The summed E-state index contributed by atoms with van der Waals surface area (Å²) < 4.78 is 5.59. The van der Waals surface area contributed by atoms with Crippen molar-refractivity contribution in [3.8, 4) is 5.75 Å².